The smallest absolute Gasteiger partial charge is 0.0707 e. The largest absolute Gasteiger partial charge is 0.412 e. The lowest BCUT2D eigenvalue weighted by atomic mass is 10.0. The zero-order chi connectivity index (χ0) is 15.2. The maximum Gasteiger partial charge on any atom is 0.0707 e. The molecule has 0 aromatic rings. The number of hydrogen-bond acceptors (Lipinski definition) is 4. The second-order valence-electron chi connectivity index (χ2n) is 7.16. The van der Waals surface area contributed by atoms with Gasteiger partial charge in [-0.1, -0.05) is 0 Å². The molecular formula is C19H24N4O. The normalized spacial score (nSPS) is 37.2. The lowest BCUT2D eigenvalue weighted by Crippen LogP contribution is -2.31. The zero-order valence-corrected chi connectivity index (χ0v) is 13.9. The van der Waals surface area contributed by atoms with E-state index in [1.165, 1.54) is 47.1 Å². The van der Waals surface area contributed by atoms with Crippen molar-refractivity contribution in [2.75, 3.05) is 0 Å². The van der Waals surface area contributed by atoms with Crippen molar-refractivity contribution in [2.45, 2.75) is 63.5 Å². The Morgan fingerprint density at radius 3 is 2.25 bits per heavy atom. The minimum atomic E-state index is 0. The molecule has 5 heteroatoms. The Bertz CT molecular complexity index is 738. The third-order valence-corrected chi connectivity index (χ3v) is 5.44. The van der Waals surface area contributed by atoms with Gasteiger partial charge in [0.15, 0.2) is 0 Å². The average Bonchev–Trinajstić information content (AvgIpc) is 3.28. The Morgan fingerprint density at radius 2 is 1.46 bits per heavy atom. The molecule has 0 radical (unpaired) electrons. The molecule has 5 aliphatic heterocycles. The Labute approximate surface area is 142 Å². The minimum absolute atomic E-state index is 0. The number of nitrogens with zero attached hydrogens (tertiary/aromatic N) is 3. The molecule has 5 nitrogen and oxygen atoms in total. The number of rotatable bonds is 0. The standard InChI is InChI=1S/C19H22N4.H2O/c1-3-14-10-16-5-7-18(22-16)19-8-6-17(23-19)11-15-4-2-13(21-15)9-12(1)20-14;/h9-11,18-19,22H,1-8H2;1H2/b12-9-,15-11-,16-10-;. The second kappa shape index (κ2) is 6.13. The summed E-state index contributed by atoms with van der Waals surface area (Å²) in [5.41, 5.74) is 7.41. The third-order valence-electron chi connectivity index (χ3n) is 5.44. The molecule has 5 aliphatic rings. The minimum Gasteiger partial charge on any atom is -0.412 e. The van der Waals surface area contributed by atoms with Crippen molar-refractivity contribution < 1.29 is 5.48 Å². The van der Waals surface area contributed by atoms with Gasteiger partial charge < -0.3 is 10.8 Å². The van der Waals surface area contributed by atoms with E-state index in [2.05, 4.69) is 23.5 Å². The fourth-order valence-electron chi connectivity index (χ4n) is 4.24. The van der Waals surface area contributed by atoms with Gasteiger partial charge in [-0.3, -0.25) is 15.0 Å². The molecule has 1 fully saturated rings. The summed E-state index contributed by atoms with van der Waals surface area (Å²) in [6.07, 6.45) is 15.5. The Balaban J connectivity index is 0.00000146. The molecule has 0 amide bonds. The van der Waals surface area contributed by atoms with Crippen LogP contribution < -0.4 is 5.32 Å². The summed E-state index contributed by atoms with van der Waals surface area (Å²) in [6.45, 7) is 0. The van der Waals surface area contributed by atoms with E-state index in [-0.39, 0.29) is 5.48 Å². The summed E-state index contributed by atoms with van der Waals surface area (Å²) in [4.78, 5) is 14.6. The number of nitrogens with one attached hydrogen (secondary N) is 1. The molecule has 8 bridgehead atoms. The summed E-state index contributed by atoms with van der Waals surface area (Å²) in [5.74, 6) is 0. The summed E-state index contributed by atoms with van der Waals surface area (Å²) in [6, 6.07) is 0.934. The van der Waals surface area contributed by atoms with Crippen molar-refractivity contribution in [3.05, 3.63) is 35.3 Å². The molecular weight excluding hydrogens is 300 g/mol. The lowest BCUT2D eigenvalue weighted by Gasteiger charge is -2.16. The predicted octanol–water partition coefficient (Wildman–Crippen LogP) is 2.65. The first-order valence-corrected chi connectivity index (χ1v) is 8.92. The predicted molar refractivity (Wildman–Crippen MR) is 97.8 cm³/mol. The summed E-state index contributed by atoms with van der Waals surface area (Å²) in [7, 11) is 0. The first-order chi connectivity index (χ1) is 11.3. The van der Waals surface area contributed by atoms with Gasteiger partial charge in [0.1, 0.15) is 0 Å². The van der Waals surface area contributed by atoms with Crippen molar-refractivity contribution in [3.8, 4) is 0 Å². The topological polar surface area (TPSA) is 80.6 Å². The van der Waals surface area contributed by atoms with Gasteiger partial charge in [0.25, 0.3) is 0 Å². The highest BCUT2D eigenvalue weighted by atomic mass is 16.0. The van der Waals surface area contributed by atoms with Gasteiger partial charge in [0, 0.05) is 40.3 Å². The molecule has 126 valence electrons. The highest BCUT2D eigenvalue weighted by molar-refractivity contribution is 6.03. The van der Waals surface area contributed by atoms with Gasteiger partial charge in [-0.15, -0.1) is 0 Å². The maximum atomic E-state index is 4.98. The molecule has 0 aliphatic carbocycles. The molecule has 0 aromatic heterocycles. The molecule has 5 rings (SSSR count). The molecule has 0 spiro atoms. The molecule has 2 atom stereocenters. The Hall–Kier alpha value is -2.01. The summed E-state index contributed by atoms with van der Waals surface area (Å²) < 4.78 is 0. The van der Waals surface area contributed by atoms with Crippen molar-refractivity contribution in [2.24, 2.45) is 15.0 Å². The molecule has 24 heavy (non-hydrogen) atoms. The zero-order valence-electron chi connectivity index (χ0n) is 13.9. The van der Waals surface area contributed by atoms with E-state index in [0.29, 0.717) is 12.1 Å². The Morgan fingerprint density at radius 1 is 0.750 bits per heavy atom. The molecule has 2 unspecified atom stereocenters. The first-order valence-electron chi connectivity index (χ1n) is 8.92. The summed E-state index contributed by atoms with van der Waals surface area (Å²) in [5, 5.41) is 3.71. The average molecular weight is 324 g/mol. The van der Waals surface area contributed by atoms with Crippen molar-refractivity contribution in [1.82, 2.24) is 5.32 Å². The number of hydrogen-bond donors (Lipinski definition) is 1. The van der Waals surface area contributed by atoms with Crippen LogP contribution >= 0.6 is 0 Å². The van der Waals surface area contributed by atoms with Crippen LogP contribution in [0.3, 0.4) is 0 Å². The second-order valence-corrected chi connectivity index (χ2v) is 7.16. The van der Waals surface area contributed by atoms with Crippen LogP contribution in [0.25, 0.3) is 0 Å². The number of allylic oxidation sites excluding steroid dienone is 6. The van der Waals surface area contributed by atoms with Crippen molar-refractivity contribution >= 4 is 17.1 Å². The lowest BCUT2D eigenvalue weighted by molar-refractivity contribution is 0.492. The molecule has 1 saturated heterocycles. The fraction of sp³-hybridized carbons (Fsp3) is 0.526. The van der Waals surface area contributed by atoms with E-state index in [1.54, 1.807) is 0 Å². The van der Waals surface area contributed by atoms with Crippen molar-refractivity contribution in [3.63, 3.8) is 0 Å². The monoisotopic (exact) mass is 324 g/mol. The van der Waals surface area contributed by atoms with Crippen molar-refractivity contribution in [1.29, 1.82) is 0 Å². The van der Waals surface area contributed by atoms with Gasteiger partial charge in [0.2, 0.25) is 0 Å². The van der Waals surface area contributed by atoms with Gasteiger partial charge in [0.05, 0.1) is 6.04 Å². The molecule has 5 heterocycles. The van der Waals surface area contributed by atoms with Gasteiger partial charge in [-0.05, 0) is 69.6 Å². The van der Waals surface area contributed by atoms with E-state index in [0.717, 1.165) is 38.5 Å². The van der Waals surface area contributed by atoms with Crippen LogP contribution in [0.5, 0.6) is 0 Å². The molecule has 0 saturated carbocycles. The molecule has 3 N–H and O–H groups in total. The van der Waals surface area contributed by atoms with Crippen LogP contribution in [-0.4, -0.2) is 34.7 Å². The summed E-state index contributed by atoms with van der Waals surface area (Å²) >= 11 is 0. The first kappa shape index (κ1) is 15.5. The third kappa shape index (κ3) is 2.88. The SMILES string of the molecule is C1=C2/CCC(=N2)/C=C2/CCC(N2)C2CCC(=N2)/C=C2/CCC/1=N2.O. The highest BCUT2D eigenvalue weighted by Gasteiger charge is 2.30. The molecule has 0 aromatic carbocycles. The number of aliphatic imine (C=N–C) groups is 3. The van der Waals surface area contributed by atoms with Crippen LogP contribution in [0.2, 0.25) is 0 Å². The Kier molecular flexibility index (Phi) is 3.96. The van der Waals surface area contributed by atoms with Gasteiger partial charge in [-0.2, -0.15) is 0 Å². The van der Waals surface area contributed by atoms with Crippen LogP contribution in [0, 0.1) is 0 Å². The quantitative estimate of drug-likeness (QED) is 0.730. The van der Waals surface area contributed by atoms with Gasteiger partial charge in [-0.25, -0.2) is 0 Å². The van der Waals surface area contributed by atoms with Crippen LogP contribution in [0.4, 0.5) is 0 Å². The van der Waals surface area contributed by atoms with Crippen LogP contribution in [0.15, 0.2) is 50.3 Å². The van der Waals surface area contributed by atoms with E-state index in [9.17, 15) is 0 Å². The fourth-order valence-corrected chi connectivity index (χ4v) is 4.24. The van der Waals surface area contributed by atoms with E-state index < -0.39 is 0 Å². The van der Waals surface area contributed by atoms with E-state index >= 15 is 0 Å². The number of fused-ring (bicyclic) bond motifs is 6. The van der Waals surface area contributed by atoms with E-state index in [4.69, 9.17) is 15.0 Å². The van der Waals surface area contributed by atoms with Crippen LogP contribution in [0.1, 0.15) is 51.4 Å². The van der Waals surface area contributed by atoms with Gasteiger partial charge >= 0.3 is 0 Å². The maximum absolute atomic E-state index is 4.98. The van der Waals surface area contributed by atoms with Crippen LogP contribution in [-0.2, 0) is 0 Å². The van der Waals surface area contributed by atoms with E-state index in [1.807, 2.05) is 0 Å². The highest BCUT2D eigenvalue weighted by Crippen LogP contribution is 2.29.